The molecule has 2 aromatic heterocycles. The third-order valence-electron chi connectivity index (χ3n) is 5.65. The Bertz CT molecular complexity index is 1170. The quantitative estimate of drug-likeness (QED) is 0.211. The number of fused-ring (bicyclic) bond motifs is 3. The molecule has 0 unspecified atom stereocenters. The minimum absolute atomic E-state index is 0.194. The zero-order valence-electron chi connectivity index (χ0n) is 19.0. The van der Waals surface area contributed by atoms with Crippen molar-refractivity contribution in [3.05, 3.63) is 78.1 Å². The number of aromatic nitrogens is 2. The number of nitrogens with one attached hydrogen (secondary N) is 2. The average molecular weight is 445 g/mol. The van der Waals surface area contributed by atoms with Gasteiger partial charge in [0, 0.05) is 54.9 Å². The topological polar surface area (TPSA) is 79.3 Å². The van der Waals surface area contributed by atoms with Crippen LogP contribution < -0.4 is 10.6 Å². The second-order valence-electron chi connectivity index (χ2n) is 8.12. The van der Waals surface area contributed by atoms with Gasteiger partial charge in [-0.3, -0.25) is 4.98 Å². The molecule has 0 fully saturated rings. The summed E-state index contributed by atoms with van der Waals surface area (Å²) in [5, 5.41) is 19.3. The minimum atomic E-state index is 0.194. The van der Waals surface area contributed by atoms with E-state index in [1.54, 1.807) is 6.20 Å². The predicted molar refractivity (Wildman–Crippen MR) is 135 cm³/mol. The van der Waals surface area contributed by atoms with Gasteiger partial charge in [-0.2, -0.15) is 0 Å². The molecule has 6 nitrogen and oxygen atoms in total. The average Bonchev–Trinajstić information content (AvgIpc) is 2.85. The molecule has 0 spiro atoms. The number of aliphatic hydroxyl groups excluding tert-OH is 1. The van der Waals surface area contributed by atoms with Gasteiger partial charge in [0.15, 0.2) is 0 Å². The monoisotopic (exact) mass is 444 g/mol. The maximum absolute atomic E-state index is 9.06. The maximum atomic E-state index is 9.06. The fourth-order valence-corrected chi connectivity index (χ4v) is 3.98. The lowest BCUT2D eigenvalue weighted by Gasteiger charge is -2.11. The van der Waals surface area contributed by atoms with E-state index in [2.05, 4.69) is 45.9 Å². The van der Waals surface area contributed by atoms with Crippen molar-refractivity contribution >= 4 is 27.5 Å². The van der Waals surface area contributed by atoms with Crippen LogP contribution in [0.25, 0.3) is 21.7 Å². The van der Waals surface area contributed by atoms with Crippen LogP contribution >= 0.6 is 0 Å². The minimum Gasteiger partial charge on any atom is -0.396 e. The van der Waals surface area contributed by atoms with Gasteiger partial charge < -0.3 is 20.5 Å². The van der Waals surface area contributed by atoms with Crippen LogP contribution in [0.4, 0.5) is 5.82 Å². The lowest BCUT2D eigenvalue weighted by molar-refractivity contribution is 0.140. The Hall–Kier alpha value is -3.06. The van der Waals surface area contributed by atoms with Crippen LogP contribution in [0.3, 0.4) is 0 Å². The van der Waals surface area contributed by atoms with E-state index in [-0.39, 0.29) is 6.61 Å². The Morgan fingerprint density at radius 2 is 1.76 bits per heavy atom. The number of ether oxygens (including phenoxy) is 1. The number of benzene rings is 2. The summed E-state index contributed by atoms with van der Waals surface area (Å²) in [5.74, 6) is 0.877. The second-order valence-corrected chi connectivity index (χ2v) is 8.12. The van der Waals surface area contributed by atoms with Crippen LogP contribution in [0.15, 0.2) is 67.0 Å². The Morgan fingerprint density at radius 1 is 0.848 bits per heavy atom. The molecule has 6 heteroatoms. The van der Waals surface area contributed by atoms with Gasteiger partial charge in [-0.15, -0.1) is 0 Å². The van der Waals surface area contributed by atoms with Crippen molar-refractivity contribution in [2.24, 2.45) is 0 Å². The number of hydrogen-bond acceptors (Lipinski definition) is 6. The van der Waals surface area contributed by atoms with Crippen molar-refractivity contribution in [1.82, 2.24) is 15.3 Å². The van der Waals surface area contributed by atoms with Gasteiger partial charge >= 0.3 is 0 Å². The molecule has 0 saturated heterocycles. The summed E-state index contributed by atoms with van der Waals surface area (Å²) in [6.45, 7) is 4.13. The zero-order valence-corrected chi connectivity index (χ0v) is 19.0. The Kier molecular flexibility index (Phi) is 8.58. The fourth-order valence-electron chi connectivity index (χ4n) is 3.98. The van der Waals surface area contributed by atoms with E-state index in [9.17, 15) is 0 Å². The smallest absolute Gasteiger partial charge is 0.134 e. The Labute approximate surface area is 195 Å². The van der Waals surface area contributed by atoms with Crippen LogP contribution in [0.2, 0.25) is 0 Å². The molecule has 2 aromatic carbocycles. The van der Waals surface area contributed by atoms with Crippen molar-refractivity contribution in [3.8, 4) is 0 Å². The molecular formula is C27H32N4O2. The number of para-hydroxylation sites is 1. The maximum Gasteiger partial charge on any atom is 0.134 e. The van der Waals surface area contributed by atoms with E-state index in [0.717, 1.165) is 60.0 Å². The molecule has 33 heavy (non-hydrogen) atoms. The van der Waals surface area contributed by atoms with Crippen molar-refractivity contribution < 1.29 is 9.84 Å². The summed E-state index contributed by atoms with van der Waals surface area (Å²) in [7, 11) is 0. The molecule has 0 bridgehead atoms. The highest BCUT2D eigenvalue weighted by atomic mass is 16.5. The number of hydrogen-bond donors (Lipinski definition) is 3. The first-order valence-corrected chi connectivity index (χ1v) is 11.7. The zero-order chi connectivity index (χ0) is 22.7. The first kappa shape index (κ1) is 23.1. The highest BCUT2D eigenvalue weighted by Crippen LogP contribution is 2.28. The van der Waals surface area contributed by atoms with Crippen molar-refractivity contribution in [1.29, 1.82) is 0 Å². The first-order valence-electron chi connectivity index (χ1n) is 11.7. The molecule has 3 N–H and O–H groups in total. The number of pyridine rings is 2. The number of unbranched alkanes of at least 4 members (excludes halogenated alkanes) is 1. The standard InChI is InChI=1S/C27H32N4O2/c32-15-11-21-6-5-7-22(18-21)19-28-12-3-4-16-33-17-14-30-27-24-10-13-29-20-25(24)23-8-1-2-9-26(23)31-27/h1-2,5-10,13,18,20,28,32H,3-4,11-12,14-17,19H2,(H,30,31). The summed E-state index contributed by atoms with van der Waals surface area (Å²) in [4.78, 5) is 9.09. The molecule has 0 amide bonds. The summed E-state index contributed by atoms with van der Waals surface area (Å²) < 4.78 is 5.81. The molecule has 0 radical (unpaired) electrons. The SMILES string of the molecule is OCCc1cccc(CNCCCCOCCNc2nc3ccccc3c3cnccc23)c1. The largest absolute Gasteiger partial charge is 0.396 e. The fraction of sp³-hybridized carbons (Fsp3) is 0.333. The third kappa shape index (κ3) is 6.48. The lowest BCUT2D eigenvalue weighted by Crippen LogP contribution is -2.16. The van der Waals surface area contributed by atoms with Crippen LogP contribution in [-0.2, 0) is 17.7 Å². The summed E-state index contributed by atoms with van der Waals surface area (Å²) in [5.41, 5.74) is 3.41. The van der Waals surface area contributed by atoms with Crippen molar-refractivity contribution in [2.45, 2.75) is 25.8 Å². The van der Waals surface area contributed by atoms with E-state index >= 15 is 0 Å². The van der Waals surface area contributed by atoms with E-state index in [1.165, 1.54) is 11.1 Å². The first-order chi connectivity index (χ1) is 16.3. The normalized spacial score (nSPS) is 11.3. The number of anilines is 1. The molecule has 172 valence electrons. The highest BCUT2D eigenvalue weighted by Gasteiger charge is 2.07. The van der Waals surface area contributed by atoms with Crippen LogP contribution in [0.5, 0.6) is 0 Å². The van der Waals surface area contributed by atoms with Crippen molar-refractivity contribution in [3.63, 3.8) is 0 Å². The van der Waals surface area contributed by atoms with Gasteiger partial charge in [0.1, 0.15) is 5.82 Å². The van der Waals surface area contributed by atoms with E-state index in [1.807, 2.05) is 30.5 Å². The molecule has 0 aliphatic carbocycles. The summed E-state index contributed by atoms with van der Waals surface area (Å²) in [6, 6.07) is 18.5. The Balaban J connectivity index is 1.13. The summed E-state index contributed by atoms with van der Waals surface area (Å²) >= 11 is 0. The number of rotatable bonds is 13. The van der Waals surface area contributed by atoms with E-state index < -0.39 is 0 Å². The van der Waals surface area contributed by atoms with Crippen LogP contribution in [0.1, 0.15) is 24.0 Å². The molecule has 0 aliphatic rings. The number of nitrogens with zero attached hydrogens (tertiary/aromatic N) is 2. The molecule has 4 rings (SSSR count). The molecule has 2 heterocycles. The second kappa shape index (κ2) is 12.3. The van der Waals surface area contributed by atoms with Gasteiger partial charge in [-0.1, -0.05) is 42.5 Å². The number of aliphatic hydroxyl groups is 1. The van der Waals surface area contributed by atoms with E-state index in [0.29, 0.717) is 19.6 Å². The molecular weight excluding hydrogens is 412 g/mol. The van der Waals surface area contributed by atoms with Crippen molar-refractivity contribution in [2.75, 3.05) is 38.2 Å². The van der Waals surface area contributed by atoms with Gasteiger partial charge in [0.25, 0.3) is 0 Å². The highest BCUT2D eigenvalue weighted by molar-refractivity contribution is 6.09. The van der Waals surface area contributed by atoms with Crippen LogP contribution in [0, 0.1) is 0 Å². The molecule has 0 aliphatic heterocycles. The molecule has 4 aromatic rings. The summed E-state index contributed by atoms with van der Waals surface area (Å²) in [6.07, 6.45) is 6.53. The van der Waals surface area contributed by atoms with Crippen LogP contribution in [-0.4, -0.2) is 48.0 Å². The Morgan fingerprint density at radius 3 is 2.70 bits per heavy atom. The van der Waals surface area contributed by atoms with Gasteiger partial charge in [0.2, 0.25) is 0 Å². The van der Waals surface area contributed by atoms with Gasteiger partial charge in [-0.25, -0.2) is 4.98 Å². The van der Waals surface area contributed by atoms with Gasteiger partial charge in [0.05, 0.1) is 12.1 Å². The lowest BCUT2D eigenvalue weighted by atomic mass is 10.1. The van der Waals surface area contributed by atoms with E-state index in [4.69, 9.17) is 14.8 Å². The molecule has 0 saturated carbocycles. The molecule has 0 atom stereocenters. The van der Waals surface area contributed by atoms with Gasteiger partial charge in [-0.05, 0) is 49.1 Å². The predicted octanol–water partition coefficient (Wildman–Crippen LogP) is 4.32. The third-order valence-corrected chi connectivity index (χ3v) is 5.65.